The normalized spacial score (nSPS) is 15.8. The number of H-pyrrole nitrogens is 1. The van der Waals surface area contributed by atoms with E-state index in [1.165, 1.54) is 18.4 Å². The Balaban J connectivity index is 1.66. The quantitative estimate of drug-likeness (QED) is 0.377. The molecule has 2 heterocycles. The van der Waals surface area contributed by atoms with Crippen molar-refractivity contribution in [3.05, 3.63) is 84.6 Å². The van der Waals surface area contributed by atoms with E-state index in [2.05, 4.69) is 9.98 Å². The van der Waals surface area contributed by atoms with Gasteiger partial charge in [0, 0.05) is 10.9 Å². The molecule has 5 rings (SSSR count). The fourth-order valence-corrected chi connectivity index (χ4v) is 5.25. The molecule has 0 saturated heterocycles. The molecule has 1 saturated carbocycles. The maximum atomic E-state index is 13.6. The molecule has 2 atom stereocenters. The first-order valence-electron chi connectivity index (χ1n) is 11.6. The van der Waals surface area contributed by atoms with E-state index in [1.54, 1.807) is 41.7 Å². The van der Waals surface area contributed by atoms with Crippen molar-refractivity contribution in [2.75, 3.05) is 0 Å². The van der Waals surface area contributed by atoms with Gasteiger partial charge in [0.2, 0.25) is 5.62 Å². The predicted octanol–water partition coefficient (Wildman–Crippen LogP) is 4.04. The molecule has 0 radical (unpaired) electrons. The summed E-state index contributed by atoms with van der Waals surface area (Å²) < 4.78 is 3.26. The highest BCUT2D eigenvalue weighted by Gasteiger charge is 2.27. The highest BCUT2D eigenvalue weighted by molar-refractivity contribution is 7.18. The first-order valence-corrected chi connectivity index (χ1v) is 12.8. The van der Waals surface area contributed by atoms with Crippen LogP contribution in [0.5, 0.6) is 0 Å². The summed E-state index contributed by atoms with van der Waals surface area (Å²) in [5.41, 5.74) is 0.929. The molecule has 9 nitrogen and oxygen atoms in total. The number of aromatic amines is 1. The topological polar surface area (TPSA) is 122 Å². The van der Waals surface area contributed by atoms with Crippen LogP contribution >= 0.6 is 22.9 Å². The second-order valence-corrected chi connectivity index (χ2v) is 10.6. The van der Waals surface area contributed by atoms with Crippen LogP contribution in [-0.2, 0) is 11.3 Å². The molecule has 1 fully saturated rings. The van der Waals surface area contributed by atoms with Gasteiger partial charge in [0.1, 0.15) is 0 Å². The van der Waals surface area contributed by atoms with Crippen LogP contribution < -0.4 is 17.0 Å². The number of hydrogen-bond acceptors (Lipinski definition) is 6. The fourth-order valence-electron chi connectivity index (χ4n) is 3.95. The average molecular weight is 526 g/mol. The molecule has 2 aromatic heterocycles. The standard InChI is InChI=1S/C25H24ClN5O4S/c1-13(22(32)33)14(2)31-24(34)29-23(30(25(31)35)12-15-3-7-17(26)8-4-15)27-18-9-10-19-20(11-18)36-21(28-19)16-5-6-16/h3-4,7-11,13-14,16H,5-6,12H2,1-2H3,(H,32,33)(H,27,29,34)/t13-,14+/m1/s1. The maximum Gasteiger partial charge on any atom is 0.335 e. The number of aromatic nitrogens is 4. The monoisotopic (exact) mass is 525 g/mol. The minimum Gasteiger partial charge on any atom is -0.481 e. The molecule has 0 bridgehead atoms. The van der Waals surface area contributed by atoms with Gasteiger partial charge in [0.05, 0.1) is 39.4 Å². The van der Waals surface area contributed by atoms with Crippen molar-refractivity contribution >= 4 is 44.8 Å². The zero-order chi connectivity index (χ0) is 25.6. The molecule has 2 aromatic carbocycles. The highest BCUT2D eigenvalue weighted by Crippen LogP contribution is 2.43. The third kappa shape index (κ3) is 4.78. The van der Waals surface area contributed by atoms with Crippen LogP contribution in [0.1, 0.15) is 49.2 Å². The van der Waals surface area contributed by atoms with Gasteiger partial charge in [0.15, 0.2) is 0 Å². The number of carbonyl (C=O) groups is 1. The van der Waals surface area contributed by atoms with Gasteiger partial charge < -0.3 is 5.11 Å². The van der Waals surface area contributed by atoms with E-state index in [9.17, 15) is 19.5 Å². The van der Waals surface area contributed by atoms with E-state index < -0.39 is 29.3 Å². The third-order valence-corrected chi connectivity index (χ3v) is 7.89. The lowest BCUT2D eigenvalue weighted by Crippen LogP contribution is -2.52. The van der Waals surface area contributed by atoms with E-state index in [1.807, 2.05) is 12.1 Å². The van der Waals surface area contributed by atoms with Gasteiger partial charge in [-0.2, -0.15) is 0 Å². The Morgan fingerprint density at radius 3 is 2.61 bits per heavy atom. The molecule has 186 valence electrons. The summed E-state index contributed by atoms with van der Waals surface area (Å²) >= 11 is 7.65. The Kier molecular flexibility index (Phi) is 6.40. The van der Waals surface area contributed by atoms with E-state index in [4.69, 9.17) is 16.6 Å². The zero-order valence-corrected chi connectivity index (χ0v) is 21.2. The molecule has 2 N–H and O–H groups in total. The maximum absolute atomic E-state index is 13.6. The van der Waals surface area contributed by atoms with Crippen molar-refractivity contribution < 1.29 is 9.90 Å². The second kappa shape index (κ2) is 9.51. The van der Waals surface area contributed by atoms with Crippen molar-refractivity contribution in [1.29, 1.82) is 0 Å². The molecule has 1 aliphatic rings. The summed E-state index contributed by atoms with van der Waals surface area (Å²) in [5, 5.41) is 11.1. The number of carboxylic acids is 1. The fraction of sp³-hybridized carbons (Fsp3) is 0.320. The second-order valence-electron chi connectivity index (χ2n) is 9.08. The lowest BCUT2D eigenvalue weighted by molar-refractivity contribution is -0.142. The lowest BCUT2D eigenvalue weighted by atomic mass is 10.0. The summed E-state index contributed by atoms with van der Waals surface area (Å²) in [6.45, 7) is 3.10. The van der Waals surface area contributed by atoms with Gasteiger partial charge in [-0.15, -0.1) is 11.3 Å². The Morgan fingerprint density at radius 2 is 1.94 bits per heavy atom. The summed E-state index contributed by atoms with van der Waals surface area (Å²) in [6.07, 6.45) is 2.33. The van der Waals surface area contributed by atoms with Gasteiger partial charge in [-0.3, -0.25) is 14.3 Å². The molecule has 36 heavy (non-hydrogen) atoms. The van der Waals surface area contributed by atoms with E-state index >= 15 is 0 Å². The van der Waals surface area contributed by atoms with Crippen molar-refractivity contribution in [2.24, 2.45) is 10.9 Å². The van der Waals surface area contributed by atoms with E-state index in [0.717, 1.165) is 38.2 Å². The van der Waals surface area contributed by atoms with Gasteiger partial charge in [-0.05, 0) is 62.6 Å². The van der Waals surface area contributed by atoms with Crippen LogP contribution in [0.3, 0.4) is 0 Å². The number of aliphatic carboxylic acids is 1. The molecule has 11 heteroatoms. The number of carboxylic acid groups (broad SMARTS) is 1. The Hall–Kier alpha value is -3.50. The largest absolute Gasteiger partial charge is 0.481 e. The number of nitrogens with one attached hydrogen (secondary N) is 1. The summed E-state index contributed by atoms with van der Waals surface area (Å²) in [6, 6.07) is 11.7. The minimum absolute atomic E-state index is 0.0673. The summed E-state index contributed by atoms with van der Waals surface area (Å²) in [5.74, 6) is -1.51. The van der Waals surface area contributed by atoms with Crippen molar-refractivity contribution in [2.45, 2.75) is 45.2 Å². The molecule has 1 aliphatic carbocycles. The molecule has 4 aromatic rings. The van der Waals surface area contributed by atoms with Crippen LogP contribution in [-0.4, -0.2) is 30.2 Å². The number of nitrogens with zero attached hydrogens (tertiary/aromatic N) is 4. The Labute approximate surface area is 214 Å². The van der Waals surface area contributed by atoms with Crippen molar-refractivity contribution in [3.8, 4) is 0 Å². The average Bonchev–Trinajstić information content (AvgIpc) is 3.61. The molecular weight excluding hydrogens is 502 g/mol. The van der Waals surface area contributed by atoms with Crippen LogP contribution in [0.15, 0.2) is 57.0 Å². The first kappa shape index (κ1) is 24.2. The Morgan fingerprint density at radius 1 is 1.22 bits per heavy atom. The number of fused-ring (bicyclic) bond motifs is 1. The lowest BCUT2D eigenvalue weighted by Gasteiger charge is -2.19. The molecule has 0 aliphatic heterocycles. The molecule has 0 spiro atoms. The van der Waals surface area contributed by atoms with Crippen molar-refractivity contribution in [3.63, 3.8) is 0 Å². The van der Waals surface area contributed by atoms with E-state index in [-0.39, 0.29) is 12.2 Å². The van der Waals surface area contributed by atoms with Gasteiger partial charge in [-0.1, -0.05) is 23.7 Å². The van der Waals surface area contributed by atoms with Crippen LogP contribution in [0.4, 0.5) is 5.69 Å². The zero-order valence-electron chi connectivity index (χ0n) is 19.6. The third-order valence-electron chi connectivity index (χ3n) is 6.45. The van der Waals surface area contributed by atoms with Crippen LogP contribution in [0, 0.1) is 5.92 Å². The van der Waals surface area contributed by atoms with Gasteiger partial charge in [0.25, 0.3) is 0 Å². The molecular formula is C25H24ClN5O4S. The predicted molar refractivity (Wildman–Crippen MR) is 138 cm³/mol. The number of thiazole rings is 1. The van der Waals surface area contributed by atoms with Crippen molar-refractivity contribution in [1.82, 2.24) is 19.1 Å². The number of benzene rings is 2. The van der Waals surface area contributed by atoms with Crippen LogP contribution in [0.2, 0.25) is 5.02 Å². The smallest absolute Gasteiger partial charge is 0.335 e. The molecule has 0 unspecified atom stereocenters. The summed E-state index contributed by atoms with van der Waals surface area (Å²) in [7, 11) is 0. The number of hydrogen-bond donors (Lipinski definition) is 2. The highest BCUT2D eigenvalue weighted by atomic mass is 35.5. The molecule has 0 amide bonds. The minimum atomic E-state index is -1.10. The SMILES string of the molecule is C[C@@H](C(=O)O)[C@H](C)n1c(=O)[nH]/c(=N\c2ccc3nc(C4CC4)sc3c2)n(Cc2ccc(Cl)cc2)c1=O. The summed E-state index contributed by atoms with van der Waals surface area (Å²) in [4.78, 5) is 50.1. The van der Waals surface area contributed by atoms with Gasteiger partial charge in [-0.25, -0.2) is 24.1 Å². The number of rotatable bonds is 7. The van der Waals surface area contributed by atoms with Gasteiger partial charge >= 0.3 is 17.3 Å². The van der Waals surface area contributed by atoms with E-state index in [0.29, 0.717) is 16.6 Å². The number of halogens is 1. The van der Waals surface area contributed by atoms with Crippen LogP contribution in [0.25, 0.3) is 10.2 Å². The Bertz CT molecular complexity index is 1650. The first-order chi connectivity index (χ1) is 17.2.